The molecule has 0 saturated carbocycles. The first kappa shape index (κ1) is 10.5. The van der Waals surface area contributed by atoms with Crippen molar-refractivity contribution in [3.05, 3.63) is 23.1 Å². The van der Waals surface area contributed by atoms with Crippen molar-refractivity contribution < 1.29 is 14.3 Å². The van der Waals surface area contributed by atoms with E-state index in [-0.39, 0.29) is 5.92 Å². The van der Waals surface area contributed by atoms with Crippen molar-refractivity contribution in [1.82, 2.24) is 5.32 Å². The standard InChI is InChI=1S/C10H12ClNO3/c1-10(9(13)14)4-6(5-12-10)7-2-3-8(11)15-7/h2-3,6,12H,4-5H2,1H3,(H,13,14). The van der Waals surface area contributed by atoms with E-state index >= 15 is 0 Å². The van der Waals surface area contributed by atoms with E-state index < -0.39 is 11.5 Å². The highest BCUT2D eigenvalue weighted by molar-refractivity contribution is 6.28. The molecule has 0 aliphatic carbocycles. The Morgan fingerprint density at radius 1 is 1.73 bits per heavy atom. The van der Waals surface area contributed by atoms with Crippen LogP contribution in [0.25, 0.3) is 0 Å². The summed E-state index contributed by atoms with van der Waals surface area (Å²) in [5.41, 5.74) is -0.857. The number of hydrogen-bond donors (Lipinski definition) is 2. The third-order valence-electron chi connectivity index (χ3n) is 2.86. The normalized spacial score (nSPS) is 30.7. The van der Waals surface area contributed by atoms with Gasteiger partial charge in [-0.05, 0) is 37.1 Å². The number of furan rings is 1. The number of hydrogen-bond acceptors (Lipinski definition) is 3. The maximum atomic E-state index is 11.0. The second-order valence-corrected chi connectivity index (χ2v) is 4.43. The van der Waals surface area contributed by atoms with E-state index in [1.54, 1.807) is 19.1 Å². The first-order chi connectivity index (χ1) is 7.01. The van der Waals surface area contributed by atoms with Crippen molar-refractivity contribution in [3.63, 3.8) is 0 Å². The number of carboxylic acids is 1. The zero-order valence-electron chi connectivity index (χ0n) is 8.29. The molecule has 2 N–H and O–H groups in total. The topological polar surface area (TPSA) is 62.5 Å². The summed E-state index contributed by atoms with van der Waals surface area (Å²) in [6, 6.07) is 3.47. The van der Waals surface area contributed by atoms with Crippen LogP contribution in [0.3, 0.4) is 0 Å². The minimum atomic E-state index is -0.857. The number of rotatable bonds is 2. The van der Waals surface area contributed by atoms with Crippen molar-refractivity contribution in [1.29, 1.82) is 0 Å². The number of halogens is 1. The lowest BCUT2D eigenvalue weighted by Gasteiger charge is -2.17. The summed E-state index contributed by atoms with van der Waals surface area (Å²) >= 11 is 5.67. The van der Waals surface area contributed by atoms with Gasteiger partial charge < -0.3 is 14.8 Å². The van der Waals surface area contributed by atoms with Gasteiger partial charge in [-0.15, -0.1) is 0 Å². The Bertz CT molecular complexity index is 390. The Morgan fingerprint density at radius 2 is 2.47 bits per heavy atom. The Labute approximate surface area is 92.2 Å². The van der Waals surface area contributed by atoms with Gasteiger partial charge in [-0.25, -0.2) is 0 Å². The molecule has 0 radical (unpaired) electrons. The van der Waals surface area contributed by atoms with E-state index in [0.717, 1.165) is 5.76 Å². The van der Waals surface area contributed by atoms with E-state index in [0.29, 0.717) is 18.2 Å². The van der Waals surface area contributed by atoms with Gasteiger partial charge in [0.15, 0.2) is 5.22 Å². The van der Waals surface area contributed by atoms with Crippen LogP contribution in [0.5, 0.6) is 0 Å². The average molecular weight is 230 g/mol. The molecule has 5 heteroatoms. The monoisotopic (exact) mass is 229 g/mol. The van der Waals surface area contributed by atoms with Crippen LogP contribution in [0.1, 0.15) is 25.0 Å². The van der Waals surface area contributed by atoms with Gasteiger partial charge in [0, 0.05) is 12.5 Å². The van der Waals surface area contributed by atoms with Gasteiger partial charge in [0.2, 0.25) is 0 Å². The van der Waals surface area contributed by atoms with Crippen LogP contribution in [-0.4, -0.2) is 23.2 Å². The lowest BCUT2D eigenvalue weighted by molar-refractivity contribution is -0.143. The molecule has 1 fully saturated rings. The Kier molecular flexibility index (Phi) is 2.48. The second-order valence-electron chi connectivity index (χ2n) is 4.06. The second kappa shape index (κ2) is 3.54. The van der Waals surface area contributed by atoms with Crippen LogP contribution in [-0.2, 0) is 4.79 Å². The predicted molar refractivity (Wildman–Crippen MR) is 55.1 cm³/mol. The van der Waals surface area contributed by atoms with Crippen molar-refractivity contribution in [3.8, 4) is 0 Å². The van der Waals surface area contributed by atoms with Gasteiger partial charge in [0.1, 0.15) is 11.3 Å². The van der Waals surface area contributed by atoms with Gasteiger partial charge in [-0.1, -0.05) is 0 Å². The summed E-state index contributed by atoms with van der Waals surface area (Å²) in [7, 11) is 0. The Balaban J connectivity index is 2.14. The zero-order chi connectivity index (χ0) is 11.1. The molecule has 1 saturated heterocycles. The molecule has 1 aliphatic heterocycles. The van der Waals surface area contributed by atoms with Crippen LogP contribution in [0, 0.1) is 0 Å². The molecule has 0 bridgehead atoms. The SMILES string of the molecule is CC1(C(=O)O)CC(c2ccc(Cl)o2)CN1. The molecule has 0 spiro atoms. The Hall–Kier alpha value is -1.00. The minimum absolute atomic E-state index is 0.0820. The molecule has 2 unspecified atom stereocenters. The maximum Gasteiger partial charge on any atom is 0.323 e. The summed E-state index contributed by atoms with van der Waals surface area (Å²) in [6.07, 6.45) is 0.520. The van der Waals surface area contributed by atoms with Crippen LogP contribution in [0.15, 0.2) is 16.5 Å². The molecule has 1 aromatic heterocycles. The smallest absolute Gasteiger partial charge is 0.323 e. The number of aliphatic carboxylic acids is 1. The molecule has 2 rings (SSSR count). The third kappa shape index (κ3) is 1.87. The van der Waals surface area contributed by atoms with Gasteiger partial charge in [0.25, 0.3) is 0 Å². The van der Waals surface area contributed by atoms with Gasteiger partial charge >= 0.3 is 5.97 Å². The fraction of sp³-hybridized carbons (Fsp3) is 0.500. The molecular formula is C10H12ClNO3. The van der Waals surface area contributed by atoms with Gasteiger partial charge in [-0.2, -0.15) is 0 Å². The molecule has 2 heterocycles. The third-order valence-corrected chi connectivity index (χ3v) is 3.06. The van der Waals surface area contributed by atoms with Crippen molar-refractivity contribution >= 4 is 17.6 Å². The fourth-order valence-electron chi connectivity index (χ4n) is 1.90. The highest BCUT2D eigenvalue weighted by Crippen LogP contribution is 2.33. The predicted octanol–water partition coefficient (Wildman–Crippen LogP) is 1.85. The van der Waals surface area contributed by atoms with E-state index in [1.165, 1.54) is 0 Å². The van der Waals surface area contributed by atoms with Crippen LogP contribution < -0.4 is 5.32 Å². The average Bonchev–Trinajstić information content (AvgIpc) is 2.73. The summed E-state index contributed by atoms with van der Waals surface area (Å²) in [5, 5.41) is 12.4. The van der Waals surface area contributed by atoms with E-state index in [1.807, 2.05) is 0 Å². The molecule has 15 heavy (non-hydrogen) atoms. The van der Waals surface area contributed by atoms with Crippen LogP contribution >= 0.6 is 11.6 Å². The summed E-state index contributed by atoms with van der Waals surface area (Å²) < 4.78 is 5.27. The highest BCUT2D eigenvalue weighted by atomic mass is 35.5. The molecule has 0 aromatic carbocycles. The molecule has 4 nitrogen and oxygen atoms in total. The highest BCUT2D eigenvalue weighted by Gasteiger charge is 2.42. The van der Waals surface area contributed by atoms with E-state index in [9.17, 15) is 4.79 Å². The van der Waals surface area contributed by atoms with Crippen molar-refractivity contribution in [2.75, 3.05) is 6.54 Å². The van der Waals surface area contributed by atoms with Crippen LogP contribution in [0.4, 0.5) is 0 Å². The number of nitrogens with one attached hydrogen (secondary N) is 1. The van der Waals surface area contributed by atoms with Crippen LogP contribution in [0.2, 0.25) is 5.22 Å². The first-order valence-corrected chi connectivity index (χ1v) is 5.13. The summed E-state index contributed by atoms with van der Waals surface area (Å²) in [4.78, 5) is 11.0. The molecular weight excluding hydrogens is 218 g/mol. The zero-order valence-corrected chi connectivity index (χ0v) is 9.04. The number of carboxylic acid groups (broad SMARTS) is 1. The molecule has 2 atom stereocenters. The maximum absolute atomic E-state index is 11.0. The minimum Gasteiger partial charge on any atom is -0.480 e. The van der Waals surface area contributed by atoms with Crippen molar-refractivity contribution in [2.45, 2.75) is 24.8 Å². The van der Waals surface area contributed by atoms with Crippen molar-refractivity contribution in [2.24, 2.45) is 0 Å². The largest absolute Gasteiger partial charge is 0.480 e. The number of carbonyl (C=O) groups is 1. The molecule has 82 valence electrons. The molecule has 0 amide bonds. The fourth-order valence-corrected chi connectivity index (χ4v) is 2.05. The molecule has 1 aliphatic rings. The first-order valence-electron chi connectivity index (χ1n) is 4.75. The Morgan fingerprint density at radius 3 is 2.93 bits per heavy atom. The summed E-state index contributed by atoms with van der Waals surface area (Å²) in [5.74, 6) is -0.00118. The van der Waals surface area contributed by atoms with Gasteiger partial charge in [0.05, 0.1) is 0 Å². The quantitative estimate of drug-likeness (QED) is 0.813. The molecule has 1 aromatic rings. The lowest BCUT2D eigenvalue weighted by atomic mass is 9.94. The lowest BCUT2D eigenvalue weighted by Crippen LogP contribution is -2.44. The van der Waals surface area contributed by atoms with E-state index in [2.05, 4.69) is 5.32 Å². The summed E-state index contributed by atoms with van der Waals surface area (Å²) in [6.45, 7) is 2.28. The van der Waals surface area contributed by atoms with E-state index in [4.69, 9.17) is 21.1 Å². The van der Waals surface area contributed by atoms with Gasteiger partial charge in [-0.3, -0.25) is 4.79 Å².